The van der Waals surface area contributed by atoms with Gasteiger partial charge >= 0.3 is 5.69 Å². The molecule has 0 saturated heterocycles. The summed E-state index contributed by atoms with van der Waals surface area (Å²) in [6, 6.07) is 4.07. The summed E-state index contributed by atoms with van der Waals surface area (Å²) in [5.41, 5.74) is -1.82. The second kappa shape index (κ2) is 6.12. The Bertz CT molecular complexity index is 827. The minimum absolute atomic E-state index is 0.123. The molecule has 3 N–H and O–H groups in total. The number of ether oxygens (including phenoxy) is 1. The van der Waals surface area contributed by atoms with Crippen LogP contribution in [0.2, 0.25) is 0 Å². The Morgan fingerprint density at radius 1 is 1.41 bits per heavy atom. The molecule has 0 radical (unpaired) electrons. The first-order valence-corrected chi connectivity index (χ1v) is 6.06. The van der Waals surface area contributed by atoms with Gasteiger partial charge in [-0.2, -0.15) is 4.39 Å². The normalized spacial score (nSPS) is 10.3. The number of methoxy groups -OCH3 is 1. The number of H-pyrrole nitrogens is 1. The fourth-order valence-electron chi connectivity index (χ4n) is 1.73. The molecule has 0 saturated carbocycles. The number of hydrogen-bond donors (Lipinski definition) is 3. The number of anilines is 1. The van der Waals surface area contributed by atoms with Crippen LogP contribution in [0.3, 0.4) is 0 Å². The number of aromatic hydroxyl groups is 1. The van der Waals surface area contributed by atoms with E-state index in [4.69, 9.17) is 4.74 Å². The Balaban J connectivity index is 2.17. The van der Waals surface area contributed by atoms with Crippen molar-refractivity contribution in [1.29, 1.82) is 0 Å². The van der Waals surface area contributed by atoms with Gasteiger partial charge in [0.2, 0.25) is 11.7 Å². The molecular weight excluding hydrogens is 297 g/mol. The number of aromatic nitrogens is 2. The SMILES string of the molecule is COc1cc(O)cc(NC(=O)Cn2cc(F)c(=O)[nH]c2=O)c1. The standard InChI is InChI=1S/C13H12FN3O5/c1-22-9-3-7(2-8(18)4-9)15-11(19)6-17-5-10(14)12(20)16-13(17)21/h2-5,18H,6H2,1H3,(H,15,19)(H,16,20,21). The second-order valence-corrected chi connectivity index (χ2v) is 4.33. The molecule has 1 heterocycles. The summed E-state index contributed by atoms with van der Waals surface area (Å²) < 4.78 is 18.7. The summed E-state index contributed by atoms with van der Waals surface area (Å²) in [7, 11) is 1.39. The monoisotopic (exact) mass is 309 g/mol. The Morgan fingerprint density at radius 3 is 2.82 bits per heavy atom. The van der Waals surface area contributed by atoms with Crippen LogP contribution in [0.4, 0.5) is 10.1 Å². The average molecular weight is 309 g/mol. The van der Waals surface area contributed by atoms with Gasteiger partial charge in [-0.3, -0.25) is 19.1 Å². The van der Waals surface area contributed by atoms with Crippen molar-refractivity contribution in [2.75, 3.05) is 12.4 Å². The lowest BCUT2D eigenvalue weighted by molar-refractivity contribution is -0.116. The lowest BCUT2D eigenvalue weighted by Gasteiger charge is -2.09. The number of nitrogens with one attached hydrogen (secondary N) is 2. The molecule has 2 rings (SSSR count). The predicted molar refractivity (Wildman–Crippen MR) is 74.6 cm³/mol. The van der Waals surface area contributed by atoms with Crippen molar-refractivity contribution >= 4 is 11.6 Å². The van der Waals surface area contributed by atoms with Crippen LogP contribution >= 0.6 is 0 Å². The second-order valence-electron chi connectivity index (χ2n) is 4.33. The third kappa shape index (κ3) is 3.51. The summed E-state index contributed by atoms with van der Waals surface area (Å²) in [6.07, 6.45) is 0.643. The van der Waals surface area contributed by atoms with E-state index in [1.807, 2.05) is 0 Å². The van der Waals surface area contributed by atoms with Crippen molar-refractivity contribution in [3.63, 3.8) is 0 Å². The zero-order valence-corrected chi connectivity index (χ0v) is 11.4. The Morgan fingerprint density at radius 2 is 2.14 bits per heavy atom. The molecule has 1 aromatic carbocycles. The van der Waals surface area contributed by atoms with E-state index in [-0.39, 0.29) is 11.4 Å². The van der Waals surface area contributed by atoms with E-state index in [9.17, 15) is 23.9 Å². The number of phenolic OH excluding ortho intramolecular Hbond substituents is 1. The van der Waals surface area contributed by atoms with E-state index >= 15 is 0 Å². The van der Waals surface area contributed by atoms with Gasteiger partial charge in [-0.25, -0.2) is 4.79 Å². The van der Waals surface area contributed by atoms with Crippen LogP contribution in [-0.4, -0.2) is 27.7 Å². The molecule has 1 amide bonds. The maximum Gasteiger partial charge on any atom is 0.328 e. The molecule has 0 aliphatic carbocycles. The van der Waals surface area contributed by atoms with Gasteiger partial charge in [-0.05, 0) is 0 Å². The summed E-state index contributed by atoms with van der Waals surface area (Å²) in [6.45, 7) is -0.509. The molecule has 116 valence electrons. The first-order valence-electron chi connectivity index (χ1n) is 6.06. The van der Waals surface area contributed by atoms with E-state index in [0.717, 1.165) is 0 Å². The van der Waals surface area contributed by atoms with E-state index < -0.39 is 29.5 Å². The number of rotatable bonds is 4. The van der Waals surface area contributed by atoms with E-state index in [0.29, 0.717) is 16.5 Å². The smallest absolute Gasteiger partial charge is 0.328 e. The molecule has 2 aromatic rings. The lowest BCUT2D eigenvalue weighted by Crippen LogP contribution is -2.34. The minimum Gasteiger partial charge on any atom is -0.508 e. The summed E-state index contributed by atoms with van der Waals surface area (Å²) >= 11 is 0. The summed E-state index contributed by atoms with van der Waals surface area (Å²) in [5.74, 6) is -1.63. The van der Waals surface area contributed by atoms with Crippen LogP contribution < -0.4 is 21.3 Å². The lowest BCUT2D eigenvalue weighted by atomic mass is 10.2. The highest BCUT2D eigenvalue weighted by Gasteiger charge is 2.09. The van der Waals surface area contributed by atoms with Crippen molar-refractivity contribution < 1.29 is 19.0 Å². The minimum atomic E-state index is -1.17. The van der Waals surface area contributed by atoms with E-state index in [1.54, 1.807) is 4.98 Å². The fraction of sp³-hybridized carbons (Fsp3) is 0.154. The summed E-state index contributed by atoms with van der Waals surface area (Å²) in [4.78, 5) is 35.9. The molecule has 0 fully saturated rings. The number of carbonyl (C=O) groups is 1. The predicted octanol–water partition coefficient (Wildman–Crippen LogP) is 0.0286. The van der Waals surface area contributed by atoms with Crippen molar-refractivity contribution in [1.82, 2.24) is 9.55 Å². The Hall–Kier alpha value is -3.10. The Labute approximate surface area is 122 Å². The van der Waals surface area contributed by atoms with Crippen molar-refractivity contribution in [3.05, 3.63) is 51.1 Å². The zero-order valence-electron chi connectivity index (χ0n) is 11.4. The fourth-order valence-corrected chi connectivity index (χ4v) is 1.73. The van der Waals surface area contributed by atoms with E-state index in [1.165, 1.54) is 25.3 Å². The van der Waals surface area contributed by atoms with Gasteiger partial charge in [0.05, 0.1) is 13.3 Å². The van der Waals surface area contributed by atoms with Gasteiger partial charge in [0.15, 0.2) is 0 Å². The molecule has 9 heteroatoms. The maximum absolute atomic E-state index is 13.1. The topological polar surface area (TPSA) is 113 Å². The molecule has 0 spiro atoms. The molecule has 0 aliphatic heterocycles. The quantitative estimate of drug-likeness (QED) is 0.737. The number of amides is 1. The molecule has 0 bridgehead atoms. The van der Waals surface area contributed by atoms with Gasteiger partial charge in [0.25, 0.3) is 5.56 Å². The number of halogens is 1. The number of hydrogen-bond acceptors (Lipinski definition) is 5. The molecule has 0 aliphatic rings. The first-order chi connectivity index (χ1) is 10.4. The highest BCUT2D eigenvalue weighted by Crippen LogP contribution is 2.24. The van der Waals surface area contributed by atoms with Crippen LogP contribution in [0, 0.1) is 5.82 Å². The molecule has 22 heavy (non-hydrogen) atoms. The average Bonchev–Trinajstić information content (AvgIpc) is 2.44. The van der Waals surface area contributed by atoms with Crippen molar-refractivity contribution in [2.45, 2.75) is 6.54 Å². The molecule has 0 atom stereocenters. The van der Waals surface area contributed by atoms with Gasteiger partial charge < -0.3 is 15.2 Å². The van der Waals surface area contributed by atoms with Gasteiger partial charge in [0, 0.05) is 23.9 Å². The number of aromatic amines is 1. The van der Waals surface area contributed by atoms with E-state index in [2.05, 4.69) is 5.32 Å². The highest BCUT2D eigenvalue weighted by atomic mass is 19.1. The third-order valence-electron chi connectivity index (χ3n) is 2.69. The zero-order chi connectivity index (χ0) is 16.3. The van der Waals surface area contributed by atoms with Crippen molar-refractivity contribution in [2.24, 2.45) is 0 Å². The highest BCUT2D eigenvalue weighted by molar-refractivity contribution is 5.91. The number of nitrogens with zero attached hydrogens (tertiary/aromatic N) is 1. The summed E-state index contributed by atoms with van der Waals surface area (Å²) in [5, 5.41) is 11.9. The van der Waals surface area contributed by atoms with Crippen LogP contribution in [-0.2, 0) is 11.3 Å². The van der Waals surface area contributed by atoms with Crippen LogP contribution in [0.25, 0.3) is 0 Å². The molecule has 1 aromatic heterocycles. The van der Waals surface area contributed by atoms with Crippen molar-refractivity contribution in [3.8, 4) is 11.5 Å². The first kappa shape index (κ1) is 15.3. The maximum atomic E-state index is 13.1. The third-order valence-corrected chi connectivity index (χ3v) is 2.69. The number of phenols is 1. The van der Waals surface area contributed by atoms with Gasteiger partial charge in [0.1, 0.15) is 18.0 Å². The molecule has 8 nitrogen and oxygen atoms in total. The van der Waals surface area contributed by atoms with Gasteiger partial charge in [-0.15, -0.1) is 0 Å². The number of carbonyl (C=O) groups excluding carboxylic acids is 1. The number of benzene rings is 1. The largest absolute Gasteiger partial charge is 0.508 e. The molecular formula is C13H12FN3O5. The van der Waals surface area contributed by atoms with Crippen LogP contribution in [0.5, 0.6) is 11.5 Å². The van der Waals surface area contributed by atoms with Gasteiger partial charge in [-0.1, -0.05) is 0 Å². The Kier molecular flexibility index (Phi) is 4.25. The molecule has 0 unspecified atom stereocenters. The van der Waals surface area contributed by atoms with Crippen LogP contribution in [0.1, 0.15) is 0 Å². The van der Waals surface area contributed by atoms with Crippen LogP contribution in [0.15, 0.2) is 34.0 Å².